The summed E-state index contributed by atoms with van der Waals surface area (Å²) in [4.78, 5) is 0. The first kappa shape index (κ1) is 16.3. The zero-order valence-corrected chi connectivity index (χ0v) is 13.9. The largest absolute Gasteiger partial charge is 0.497 e. The van der Waals surface area contributed by atoms with Crippen molar-refractivity contribution in [3.63, 3.8) is 0 Å². The minimum atomic E-state index is -3.22. The van der Waals surface area contributed by atoms with Gasteiger partial charge in [0, 0.05) is 12.0 Å². The van der Waals surface area contributed by atoms with E-state index in [4.69, 9.17) is 4.74 Å². The number of benzene rings is 1. The van der Waals surface area contributed by atoms with Crippen molar-refractivity contribution in [3.8, 4) is 5.75 Å². The maximum atomic E-state index is 12.0. The maximum Gasteiger partial charge on any atom is 0.213 e. The molecule has 4 nitrogen and oxygen atoms in total. The third-order valence-corrected chi connectivity index (χ3v) is 6.28. The fraction of sp³-hybridized carbons (Fsp3) is 0.625. The van der Waals surface area contributed by atoms with Gasteiger partial charge in [-0.15, -0.1) is 0 Å². The third kappa shape index (κ3) is 3.58. The second kappa shape index (κ2) is 6.36. The molecule has 2 rings (SSSR count). The van der Waals surface area contributed by atoms with E-state index < -0.39 is 15.3 Å². The molecule has 1 aromatic rings. The van der Waals surface area contributed by atoms with Gasteiger partial charge in [-0.05, 0) is 44.4 Å². The van der Waals surface area contributed by atoms with E-state index in [9.17, 15) is 8.42 Å². The normalized spacial score (nSPS) is 18.1. The van der Waals surface area contributed by atoms with E-state index in [1.807, 2.05) is 12.1 Å². The van der Waals surface area contributed by atoms with Gasteiger partial charge in [-0.1, -0.05) is 25.0 Å². The summed E-state index contributed by atoms with van der Waals surface area (Å²) in [5, 5.41) is -0.396. The molecule has 0 aromatic heterocycles. The Bertz CT molecular complexity index is 558. The quantitative estimate of drug-likeness (QED) is 0.879. The van der Waals surface area contributed by atoms with Gasteiger partial charge in [-0.3, -0.25) is 0 Å². The molecule has 21 heavy (non-hydrogen) atoms. The van der Waals surface area contributed by atoms with Gasteiger partial charge in [0.2, 0.25) is 10.0 Å². The number of ether oxygens (including phenoxy) is 1. The SMILES string of the molecule is COc1ccc(C2(CNS(=O)(=O)C(C)C)CCCC2)cc1. The highest BCUT2D eigenvalue weighted by molar-refractivity contribution is 7.90. The molecule has 0 atom stereocenters. The standard InChI is InChI=1S/C16H25NO3S/c1-13(2)21(18,19)17-12-16(10-4-5-11-16)14-6-8-15(20-3)9-7-14/h6-9,13,17H,4-5,10-12H2,1-3H3. The van der Waals surface area contributed by atoms with Crippen molar-refractivity contribution in [2.75, 3.05) is 13.7 Å². The third-order valence-electron chi connectivity index (χ3n) is 4.50. The summed E-state index contributed by atoms with van der Waals surface area (Å²) < 4.78 is 32.1. The van der Waals surface area contributed by atoms with Gasteiger partial charge in [-0.25, -0.2) is 13.1 Å². The number of hydrogen-bond acceptors (Lipinski definition) is 3. The van der Waals surface area contributed by atoms with Crippen LogP contribution in [-0.4, -0.2) is 27.3 Å². The van der Waals surface area contributed by atoms with Crippen LogP contribution in [0.3, 0.4) is 0 Å². The first-order chi connectivity index (χ1) is 9.89. The first-order valence-corrected chi connectivity index (χ1v) is 9.07. The lowest BCUT2D eigenvalue weighted by molar-refractivity contribution is 0.410. The zero-order chi connectivity index (χ0) is 15.5. The Morgan fingerprint density at radius 1 is 1.19 bits per heavy atom. The number of methoxy groups -OCH3 is 1. The van der Waals surface area contributed by atoms with E-state index in [2.05, 4.69) is 16.9 Å². The van der Waals surface area contributed by atoms with Crippen molar-refractivity contribution in [2.24, 2.45) is 0 Å². The van der Waals surface area contributed by atoms with Crippen LogP contribution in [0.5, 0.6) is 5.75 Å². The highest BCUT2D eigenvalue weighted by Crippen LogP contribution is 2.41. The van der Waals surface area contributed by atoms with Crippen molar-refractivity contribution in [2.45, 2.75) is 50.2 Å². The van der Waals surface area contributed by atoms with Gasteiger partial charge in [0.25, 0.3) is 0 Å². The minimum Gasteiger partial charge on any atom is -0.497 e. The van der Waals surface area contributed by atoms with E-state index in [1.165, 1.54) is 5.56 Å². The van der Waals surface area contributed by atoms with Crippen molar-refractivity contribution < 1.29 is 13.2 Å². The second-order valence-corrected chi connectivity index (χ2v) is 8.45. The van der Waals surface area contributed by atoms with Crippen LogP contribution < -0.4 is 9.46 Å². The molecule has 1 aliphatic rings. The van der Waals surface area contributed by atoms with Crippen molar-refractivity contribution in [1.82, 2.24) is 4.72 Å². The molecule has 1 saturated carbocycles. The topological polar surface area (TPSA) is 55.4 Å². The van der Waals surface area contributed by atoms with Gasteiger partial charge in [0.1, 0.15) is 5.75 Å². The Morgan fingerprint density at radius 3 is 2.24 bits per heavy atom. The highest BCUT2D eigenvalue weighted by atomic mass is 32.2. The highest BCUT2D eigenvalue weighted by Gasteiger charge is 2.36. The Hall–Kier alpha value is -1.07. The summed E-state index contributed by atoms with van der Waals surface area (Å²) in [6.45, 7) is 3.90. The number of rotatable bonds is 6. The maximum absolute atomic E-state index is 12.0. The Labute approximate surface area is 127 Å². The minimum absolute atomic E-state index is 0.0752. The number of hydrogen-bond donors (Lipinski definition) is 1. The summed E-state index contributed by atoms with van der Waals surface area (Å²) in [5.74, 6) is 0.828. The van der Waals surface area contributed by atoms with E-state index >= 15 is 0 Å². The van der Waals surface area contributed by atoms with Gasteiger partial charge in [0.15, 0.2) is 0 Å². The van der Waals surface area contributed by atoms with Gasteiger partial charge < -0.3 is 4.74 Å². The molecule has 1 N–H and O–H groups in total. The summed E-state index contributed by atoms with van der Waals surface area (Å²) in [6, 6.07) is 8.03. The molecule has 0 bridgehead atoms. The summed E-state index contributed by atoms with van der Waals surface area (Å²) in [6.07, 6.45) is 4.35. The predicted octanol–water partition coefficient (Wildman–Crippen LogP) is 2.83. The van der Waals surface area contributed by atoms with Gasteiger partial charge >= 0.3 is 0 Å². The average Bonchev–Trinajstić information content (AvgIpc) is 2.95. The molecule has 0 radical (unpaired) electrons. The Balaban J connectivity index is 2.20. The molecule has 1 aliphatic carbocycles. The summed E-state index contributed by atoms with van der Waals surface area (Å²) >= 11 is 0. The Morgan fingerprint density at radius 2 is 1.76 bits per heavy atom. The fourth-order valence-electron chi connectivity index (χ4n) is 2.97. The second-order valence-electron chi connectivity index (χ2n) is 6.13. The van der Waals surface area contributed by atoms with Crippen molar-refractivity contribution in [3.05, 3.63) is 29.8 Å². The van der Waals surface area contributed by atoms with Gasteiger partial charge in [-0.2, -0.15) is 0 Å². The van der Waals surface area contributed by atoms with Crippen molar-refractivity contribution >= 4 is 10.0 Å². The van der Waals surface area contributed by atoms with Crippen molar-refractivity contribution in [1.29, 1.82) is 0 Å². The number of nitrogens with one attached hydrogen (secondary N) is 1. The lowest BCUT2D eigenvalue weighted by Crippen LogP contribution is -2.41. The average molecular weight is 311 g/mol. The van der Waals surface area contributed by atoms with E-state index in [-0.39, 0.29) is 5.41 Å². The molecule has 0 spiro atoms. The van der Waals surface area contributed by atoms with Crippen LogP contribution in [0, 0.1) is 0 Å². The lowest BCUT2D eigenvalue weighted by Gasteiger charge is -2.30. The van der Waals surface area contributed by atoms with E-state index in [0.29, 0.717) is 6.54 Å². The molecular weight excluding hydrogens is 286 g/mol. The lowest BCUT2D eigenvalue weighted by atomic mass is 9.79. The van der Waals surface area contributed by atoms with Crippen LogP contribution >= 0.6 is 0 Å². The fourth-order valence-corrected chi connectivity index (χ4v) is 3.78. The molecule has 5 heteroatoms. The van der Waals surface area contributed by atoms with E-state index in [1.54, 1.807) is 21.0 Å². The Kier molecular flexibility index (Phi) is 4.94. The molecule has 0 unspecified atom stereocenters. The van der Waals surface area contributed by atoms with Crippen LogP contribution in [0.1, 0.15) is 45.1 Å². The molecule has 118 valence electrons. The number of sulfonamides is 1. The predicted molar refractivity (Wildman–Crippen MR) is 85.2 cm³/mol. The van der Waals surface area contributed by atoms with Gasteiger partial charge in [0.05, 0.1) is 12.4 Å². The monoisotopic (exact) mass is 311 g/mol. The van der Waals surface area contributed by atoms with Crippen LogP contribution in [0.25, 0.3) is 0 Å². The molecule has 1 fully saturated rings. The zero-order valence-electron chi connectivity index (χ0n) is 13.1. The molecule has 1 aromatic carbocycles. The summed E-state index contributed by atoms with van der Waals surface area (Å²) in [5.41, 5.74) is 1.13. The molecule has 0 heterocycles. The molecule has 0 saturated heterocycles. The molecule has 0 aliphatic heterocycles. The smallest absolute Gasteiger partial charge is 0.213 e. The van der Waals surface area contributed by atoms with Crippen LogP contribution in [0.15, 0.2) is 24.3 Å². The van der Waals surface area contributed by atoms with E-state index in [0.717, 1.165) is 31.4 Å². The first-order valence-electron chi connectivity index (χ1n) is 7.53. The van der Waals surface area contributed by atoms with Crippen LogP contribution in [-0.2, 0) is 15.4 Å². The summed E-state index contributed by atoms with van der Waals surface area (Å²) in [7, 11) is -1.57. The molecular formula is C16H25NO3S. The molecule has 0 amide bonds. The van der Waals surface area contributed by atoms with Crippen LogP contribution in [0.4, 0.5) is 0 Å². The van der Waals surface area contributed by atoms with Crippen LogP contribution in [0.2, 0.25) is 0 Å².